The first-order chi connectivity index (χ1) is 16.5. The first kappa shape index (κ1) is 22.2. The first-order valence-corrected chi connectivity index (χ1v) is 11.3. The maximum atomic E-state index is 13.8. The summed E-state index contributed by atoms with van der Waals surface area (Å²) in [5.41, 5.74) is 3.74. The molecule has 1 amide bonds. The van der Waals surface area contributed by atoms with E-state index in [1.165, 1.54) is 23.4 Å². The van der Waals surface area contributed by atoms with Crippen LogP contribution in [0.25, 0.3) is 16.9 Å². The van der Waals surface area contributed by atoms with Crippen LogP contribution in [-0.4, -0.2) is 56.5 Å². The Morgan fingerprint density at radius 1 is 1.00 bits per heavy atom. The summed E-state index contributed by atoms with van der Waals surface area (Å²) in [6, 6.07) is 18.7. The summed E-state index contributed by atoms with van der Waals surface area (Å²) in [6.45, 7) is 5.54. The average Bonchev–Trinajstić information content (AvgIpc) is 3.29. The van der Waals surface area contributed by atoms with Gasteiger partial charge in [-0.15, -0.1) is 0 Å². The monoisotopic (exact) mass is 461 g/mol. The lowest BCUT2D eigenvalue weighted by molar-refractivity contribution is 0.0629. The van der Waals surface area contributed by atoms with E-state index < -0.39 is 6.43 Å². The molecule has 174 valence electrons. The van der Waals surface area contributed by atoms with Crippen molar-refractivity contribution >= 4 is 11.6 Å². The van der Waals surface area contributed by atoms with Gasteiger partial charge in [0.2, 0.25) is 0 Å². The van der Waals surface area contributed by atoms with Crippen molar-refractivity contribution in [1.29, 1.82) is 0 Å². The third-order valence-corrected chi connectivity index (χ3v) is 6.34. The number of aryl methyl sites for hydroxylation is 1. The second-order valence-electron chi connectivity index (χ2n) is 8.52. The normalized spacial score (nSPS) is 14.8. The van der Waals surface area contributed by atoms with Crippen LogP contribution in [0, 0.1) is 6.92 Å². The molecule has 4 aromatic rings. The van der Waals surface area contributed by atoms with Crippen molar-refractivity contribution < 1.29 is 13.6 Å². The van der Waals surface area contributed by atoms with E-state index in [9.17, 15) is 13.6 Å². The Labute approximate surface area is 196 Å². The van der Waals surface area contributed by atoms with E-state index in [4.69, 9.17) is 0 Å². The topological polar surface area (TPSA) is 53.7 Å². The van der Waals surface area contributed by atoms with Gasteiger partial charge in [0, 0.05) is 38.3 Å². The molecule has 0 radical (unpaired) electrons. The van der Waals surface area contributed by atoms with Crippen LogP contribution in [0.15, 0.2) is 66.9 Å². The van der Waals surface area contributed by atoms with Gasteiger partial charge in [-0.1, -0.05) is 54.6 Å². The van der Waals surface area contributed by atoms with E-state index in [1.807, 2.05) is 30.3 Å². The van der Waals surface area contributed by atoms with Crippen molar-refractivity contribution in [2.75, 3.05) is 26.2 Å². The molecular weight excluding hydrogens is 436 g/mol. The number of fused-ring (bicyclic) bond motifs is 1. The second-order valence-corrected chi connectivity index (χ2v) is 8.52. The molecule has 8 heteroatoms. The van der Waals surface area contributed by atoms with Gasteiger partial charge < -0.3 is 4.90 Å². The Morgan fingerprint density at radius 3 is 2.41 bits per heavy atom. The molecular formula is C26H25F2N5O. The van der Waals surface area contributed by atoms with Crippen LogP contribution in [0.5, 0.6) is 0 Å². The van der Waals surface area contributed by atoms with Gasteiger partial charge >= 0.3 is 0 Å². The Hall–Kier alpha value is -3.65. The zero-order valence-electron chi connectivity index (χ0n) is 18.9. The largest absolute Gasteiger partial charge is 0.336 e. The van der Waals surface area contributed by atoms with Crippen molar-refractivity contribution in [3.8, 4) is 11.3 Å². The fourth-order valence-electron chi connectivity index (χ4n) is 4.36. The molecule has 0 N–H and O–H groups in total. The molecule has 1 aliphatic heterocycles. The van der Waals surface area contributed by atoms with Crippen molar-refractivity contribution in [1.82, 2.24) is 24.4 Å². The highest BCUT2D eigenvalue weighted by Crippen LogP contribution is 2.27. The number of hydrogen-bond acceptors (Lipinski definition) is 4. The number of benzene rings is 2. The number of piperazine rings is 1. The van der Waals surface area contributed by atoms with Crippen molar-refractivity contribution in [2.24, 2.45) is 0 Å². The highest BCUT2D eigenvalue weighted by molar-refractivity contribution is 6.00. The van der Waals surface area contributed by atoms with E-state index in [1.54, 1.807) is 17.0 Å². The van der Waals surface area contributed by atoms with Crippen LogP contribution in [0.3, 0.4) is 0 Å². The van der Waals surface area contributed by atoms with E-state index in [2.05, 4.69) is 34.0 Å². The number of amides is 1. The summed E-state index contributed by atoms with van der Waals surface area (Å²) in [4.78, 5) is 22.0. The minimum absolute atomic E-state index is 0.156. The molecule has 0 saturated carbocycles. The fraction of sp³-hybridized carbons (Fsp3) is 0.269. The number of halogens is 2. The highest BCUT2D eigenvalue weighted by atomic mass is 19.3. The average molecular weight is 462 g/mol. The summed E-state index contributed by atoms with van der Waals surface area (Å²) in [7, 11) is 0. The summed E-state index contributed by atoms with van der Waals surface area (Å²) in [5.74, 6) is -0.233. The second kappa shape index (κ2) is 9.30. The van der Waals surface area contributed by atoms with Crippen LogP contribution >= 0.6 is 0 Å². The lowest BCUT2D eigenvalue weighted by atomic mass is 10.1. The molecule has 2 aromatic heterocycles. The predicted octanol–water partition coefficient (Wildman–Crippen LogP) is 4.60. The van der Waals surface area contributed by atoms with Crippen molar-refractivity contribution in [2.45, 2.75) is 19.9 Å². The maximum Gasteiger partial charge on any atom is 0.280 e. The van der Waals surface area contributed by atoms with Gasteiger partial charge in [-0.05, 0) is 24.1 Å². The van der Waals surface area contributed by atoms with Gasteiger partial charge in [0.1, 0.15) is 11.3 Å². The SMILES string of the molecule is Cc1ccccc1CN1CCN(C(=O)c2cnn3c(C(F)F)cc(-c4ccccc4)nc23)CC1. The lowest BCUT2D eigenvalue weighted by Gasteiger charge is -2.34. The Bertz CT molecular complexity index is 1310. The number of hydrogen-bond donors (Lipinski definition) is 0. The number of nitrogens with zero attached hydrogens (tertiary/aromatic N) is 5. The van der Waals surface area contributed by atoms with Crippen LogP contribution < -0.4 is 0 Å². The third-order valence-electron chi connectivity index (χ3n) is 6.34. The number of aromatic nitrogens is 3. The van der Waals surface area contributed by atoms with Crippen molar-refractivity contribution in [3.63, 3.8) is 0 Å². The fourth-order valence-corrected chi connectivity index (χ4v) is 4.36. The molecule has 0 atom stereocenters. The standard InChI is InChI=1S/C26H25F2N5O/c1-18-7-5-6-10-20(18)17-31-11-13-32(14-12-31)26(34)21-16-29-33-23(24(27)28)15-22(30-25(21)33)19-8-3-2-4-9-19/h2-10,15-16,24H,11-14,17H2,1H3. The van der Waals surface area contributed by atoms with Crippen LogP contribution in [-0.2, 0) is 6.54 Å². The molecule has 2 aromatic carbocycles. The molecule has 6 nitrogen and oxygen atoms in total. The highest BCUT2D eigenvalue weighted by Gasteiger charge is 2.27. The zero-order valence-corrected chi connectivity index (χ0v) is 18.9. The summed E-state index contributed by atoms with van der Waals surface area (Å²) in [5, 5.41) is 4.09. The van der Waals surface area contributed by atoms with Gasteiger partial charge in [0.25, 0.3) is 12.3 Å². The van der Waals surface area contributed by atoms with Crippen LogP contribution in [0.4, 0.5) is 8.78 Å². The first-order valence-electron chi connectivity index (χ1n) is 11.3. The number of carbonyl (C=O) groups excluding carboxylic acids is 1. The van der Waals surface area contributed by atoms with Crippen LogP contribution in [0.1, 0.15) is 33.6 Å². The van der Waals surface area contributed by atoms with E-state index in [-0.39, 0.29) is 22.8 Å². The number of carbonyl (C=O) groups is 1. The smallest absolute Gasteiger partial charge is 0.280 e. The number of alkyl halides is 2. The third kappa shape index (κ3) is 4.28. The predicted molar refractivity (Wildman–Crippen MR) is 126 cm³/mol. The van der Waals surface area contributed by atoms with Gasteiger partial charge in [-0.25, -0.2) is 18.3 Å². The Morgan fingerprint density at radius 2 is 1.71 bits per heavy atom. The summed E-state index contributed by atoms with van der Waals surface area (Å²) >= 11 is 0. The zero-order chi connectivity index (χ0) is 23.7. The molecule has 34 heavy (non-hydrogen) atoms. The number of rotatable bonds is 5. The molecule has 0 bridgehead atoms. The molecule has 1 fully saturated rings. The Kier molecular flexibility index (Phi) is 6.06. The summed E-state index contributed by atoms with van der Waals surface area (Å²) in [6.07, 6.45) is -1.40. The molecule has 0 aliphatic carbocycles. The van der Waals surface area contributed by atoms with E-state index >= 15 is 0 Å². The van der Waals surface area contributed by atoms with Gasteiger partial charge in [-0.3, -0.25) is 9.69 Å². The lowest BCUT2D eigenvalue weighted by Crippen LogP contribution is -2.48. The molecule has 1 saturated heterocycles. The molecule has 1 aliphatic rings. The Balaban J connectivity index is 1.38. The quantitative estimate of drug-likeness (QED) is 0.436. The van der Waals surface area contributed by atoms with Gasteiger partial charge in [-0.2, -0.15) is 5.10 Å². The van der Waals surface area contributed by atoms with Gasteiger partial charge in [0.15, 0.2) is 5.65 Å². The molecule has 5 rings (SSSR count). The molecule has 0 spiro atoms. The van der Waals surface area contributed by atoms with E-state index in [0.29, 0.717) is 24.3 Å². The minimum Gasteiger partial charge on any atom is -0.336 e. The maximum absolute atomic E-state index is 13.8. The van der Waals surface area contributed by atoms with Gasteiger partial charge in [0.05, 0.1) is 11.9 Å². The molecule has 0 unspecified atom stereocenters. The summed E-state index contributed by atoms with van der Waals surface area (Å²) < 4.78 is 28.7. The van der Waals surface area contributed by atoms with Crippen molar-refractivity contribution in [3.05, 3.63) is 89.2 Å². The van der Waals surface area contributed by atoms with Crippen LogP contribution in [0.2, 0.25) is 0 Å². The minimum atomic E-state index is -2.75. The van der Waals surface area contributed by atoms with E-state index in [0.717, 1.165) is 24.1 Å². The molecule has 3 heterocycles.